The number of carbonyl (C=O) groups is 1. The number of hydrogen-bond acceptors (Lipinski definition) is 4. The molecule has 0 aliphatic carbocycles. The highest BCUT2D eigenvalue weighted by atomic mass is 16.5. The molecule has 0 spiro atoms. The van der Waals surface area contributed by atoms with Gasteiger partial charge in [0, 0.05) is 19.9 Å². The maximum absolute atomic E-state index is 11.3. The molecule has 0 aromatic carbocycles. The van der Waals surface area contributed by atoms with Gasteiger partial charge in [-0.25, -0.2) is 0 Å². The molecule has 0 radical (unpaired) electrons. The lowest BCUT2D eigenvalue weighted by molar-refractivity contribution is -0.120. The topological polar surface area (TPSA) is 79.9 Å². The second kappa shape index (κ2) is 5.12. The minimum Gasteiger partial charge on any atom is -0.372 e. The molecule has 1 aromatic heterocycles. The first-order valence-corrected chi connectivity index (χ1v) is 4.48. The van der Waals surface area contributed by atoms with E-state index in [4.69, 9.17) is 10.00 Å². The molecule has 0 saturated heterocycles. The van der Waals surface area contributed by atoms with Crippen LogP contribution < -0.4 is 5.32 Å². The standard InChI is InChI=1S/C9H12N4O2/c1-3-15-6-8(14)11-9-7(4-10)5-13(2)12-9/h5H,3,6H2,1-2H3,(H,11,12,14). The van der Waals surface area contributed by atoms with Gasteiger partial charge in [0.05, 0.1) is 0 Å². The van der Waals surface area contributed by atoms with Gasteiger partial charge in [0.25, 0.3) is 5.91 Å². The highest BCUT2D eigenvalue weighted by molar-refractivity contribution is 5.91. The van der Waals surface area contributed by atoms with Crippen LogP contribution in [-0.2, 0) is 16.6 Å². The van der Waals surface area contributed by atoms with Crippen LogP contribution in [0.1, 0.15) is 12.5 Å². The van der Waals surface area contributed by atoms with Gasteiger partial charge in [-0.3, -0.25) is 9.48 Å². The Balaban J connectivity index is 2.64. The van der Waals surface area contributed by atoms with E-state index in [1.165, 1.54) is 10.9 Å². The Morgan fingerprint density at radius 1 is 1.80 bits per heavy atom. The molecule has 0 atom stereocenters. The number of hydrogen-bond donors (Lipinski definition) is 1. The molecule has 0 aliphatic heterocycles. The molecule has 1 heterocycles. The van der Waals surface area contributed by atoms with Gasteiger partial charge in [-0.15, -0.1) is 0 Å². The number of anilines is 1. The van der Waals surface area contributed by atoms with Gasteiger partial charge in [0.2, 0.25) is 0 Å². The minimum absolute atomic E-state index is 0.0298. The van der Waals surface area contributed by atoms with Crippen molar-refractivity contribution in [3.8, 4) is 6.07 Å². The number of aryl methyl sites for hydroxylation is 1. The van der Waals surface area contributed by atoms with Crippen LogP contribution in [0.4, 0.5) is 5.82 Å². The van der Waals surface area contributed by atoms with E-state index in [2.05, 4.69) is 10.4 Å². The largest absolute Gasteiger partial charge is 0.372 e. The van der Waals surface area contributed by atoms with Crippen LogP contribution in [0.15, 0.2) is 6.20 Å². The summed E-state index contributed by atoms with van der Waals surface area (Å²) in [7, 11) is 1.68. The Hall–Kier alpha value is -1.87. The molecule has 1 aromatic rings. The zero-order chi connectivity index (χ0) is 11.3. The van der Waals surface area contributed by atoms with Crippen molar-refractivity contribution >= 4 is 11.7 Å². The molecule has 1 rings (SSSR count). The number of nitriles is 1. The van der Waals surface area contributed by atoms with Crippen LogP contribution in [0.2, 0.25) is 0 Å². The van der Waals surface area contributed by atoms with Gasteiger partial charge < -0.3 is 10.1 Å². The van der Waals surface area contributed by atoms with Crippen molar-refractivity contribution in [1.82, 2.24) is 9.78 Å². The summed E-state index contributed by atoms with van der Waals surface area (Å²) in [4.78, 5) is 11.3. The van der Waals surface area contributed by atoms with E-state index >= 15 is 0 Å². The van der Waals surface area contributed by atoms with Crippen LogP contribution in [-0.4, -0.2) is 28.9 Å². The van der Waals surface area contributed by atoms with E-state index in [9.17, 15) is 4.79 Å². The van der Waals surface area contributed by atoms with Crippen molar-refractivity contribution in [2.24, 2.45) is 7.05 Å². The summed E-state index contributed by atoms with van der Waals surface area (Å²) >= 11 is 0. The quantitative estimate of drug-likeness (QED) is 0.770. The number of aromatic nitrogens is 2. The van der Waals surface area contributed by atoms with Gasteiger partial charge in [-0.2, -0.15) is 10.4 Å². The summed E-state index contributed by atoms with van der Waals surface area (Å²) < 4.78 is 6.39. The maximum Gasteiger partial charge on any atom is 0.251 e. The van der Waals surface area contributed by atoms with Gasteiger partial charge in [0.1, 0.15) is 18.2 Å². The molecular formula is C9H12N4O2. The SMILES string of the molecule is CCOCC(=O)Nc1nn(C)cc1C#N. The summed E-state index contributed by atoms with van der Waals surface area (Å²) in [6.07, 6.45) is 1.54. The van der Waals surface area contributed by atoms with Crippen molar-refractivity contribution in [2.75, 3.05) is 18.5 Å². The maximum atomic E-state index is 11.3. The normalized spacial score (nSPS) is 9.67. The smallest absolute Gasteiger partial charge is 0.251 e. The molecule has 0 saturated carbocycles. The van der Waals surface area contributed by atoms with Crippen molar-refractivity contribution < 1.29 is 9.53 Å². The second-order valence-corrected chi connectivity index (χ2v) is 2.86. The zero-order valence-corrected chi connectivity index (χ0v) is 8.65. The molecule has 15 heavy (non-hydrogen) atoms. The number of nitrogens with one attached hydrogen (secondary N) is 1. The lowest BCUT2D eigenvalue weighted by Crippen LogP contribution is -2.19. The van der Waals surface area contributed by atoms with Gasteiger partial charge >= 0.3 is 0 Å². The Kier molecular flexibility index (Phi) is 3.83. The fourth-order valence-corrected chi connectivity index (χ4v) is 1.03. The average Bonchev–Trinajstić information content (AvgIpc) is 2.55. The van der Waals surface area contributed by atoms with Crippen LogP contribution in [0.3, 0.4) is 0 Å². The van der Waals surface area contributed by atoms with E-state index < -0.39 is 0 Å². The highest BCUT2D eigenvalue weighted by Gasteiger charge is 2.10. The summed E-state index contributed by atoms with van der Waals surface area (Å²) in [6.45, 7) is 2.24. The first kappa shape index (κ1) is 11.2. The number of amides is 1. The molecule has 0 aliphatic rings. The molecule has 80 valence electrons. The molecule has 1 amide bonds. The van der Waals surface area contributed by atoms with E-state index in [0.717, 1.165) is 0 Å². The predicted octanol–water partition coefficient (Wildman–Crippen LogP) is 0.267. The zero-order valence-electron chi connectivity index (χ0n) is 8.65. The molecule has 6 heteroatoms. The third kappa shape index (κ3) is 3.07. The fourth-order valence-electron chi connectivity index (χ4n) is 1.03. The van der Waals surface area contributed by atoms with Crippen LogP contribution in [0.25, 0.3) is 0 Å². The molecule has 6 nitrogen and oxygen atoms in total. The molecule has 0 fully saturated rings. The Morgan fingerprint density at radius 2 is 2.53 bits per heavy atom. The first-order valence-electron chi connectivity index (χ1n) is 4.48. The third-order valence-electron chi connectivity index (χ3n) is 1.64. The van der Waals surface area contributed by atoms with Crippen LogP contribution >= 0.6 is 0 Å². The summed E-state index contributed by atoms with van der Waals surface area (Å²) in [5.41, 5.74) is 0.336. The number of carbonyl (C=O) groups excluding carboxylic acids is 1. The Labute approximate surface area is 87.4 Å². The lowest BCUT2D eigenvalue weighted by atomic mass is 10.3. The Morgan fingerprint density at radius 3 is 3.13 bits per heavy atom. The lowest BCUT2D eigenvalue weighted by Gasteiger charge is -2.01. The second-order valence-electron chi connectivity index (χ2n) is 2.86. The molecule has 1 N–H and O–H groups in total. The van der Waals surface area contributed by atoms with Crippen molar-refractivity contribution in [3.63, 3.8) is 0 Å². The van der Waals surface area contributed by atoms with Gasteiger partial charge in [0.15, 0.2) is 5.82 Å². The monoisotopic (exact) mass is 208 g/mol. The minimum atomic E-state index is -0.313. The highest BCUT2D eigenvalue weighted by Crippen LogP contribution is 2.10. The fraction of sp³-hybridized carbons (Fsp3) is 0.444. The van der Waals surface area contributed by atoms with Gasteiger partial charge in [-0.1, -0.05) is 0 Å². The third-order valence-corrected chi connectivity index (χ3v) is 1.64. The summed E-state index contributed by atoms with van der Waals surface area (Å²) in [5, 5.41) is 15.2. The molecule has 0 bridgehead atoms. The first-order chi connectivity index (χ1) is 7.17. The Bertz CT molecular complexity index is 391. The number of nitrogens with zero attached hydrogens (tertiary/aromatic N) is 3. The van der Waals surface area contributed by atoms with Crippen LogP contribution in [0, 0.1) is 11.3 Å². The van der Waals surface area contributed by atoms with Gasteiger partial charge in [-0.05, 0) is 6.92 Å². The number of rotatable bonds is 4. The van der Waals surface area contributed by atoms with Crippen molar-refractivity contribution in [2.45, 2.75) is 6.92 Å². The van der Waals surface area contributed by atoms with E-state index in [1.54, 1.807) is 14.0 Å². The predicted molar refractivity (Wildman–Crippen MR) is 53.0 cm³/mol. The van der Waals surface area contributed by atoms with Crippen LogP contribution in [0.5, 0.6) is 0 Å². The van der Waals surface area contributed by atoms with E-state index in [0.29, 0.717) is 12.2 Å². The molecule has 0 unspecified atom stereocenters. The average molecular weight is 208 g/mol. The summed E-state index contributed by atoms with van der Waals surface area (Å²) in [5.74, 6) is -0.0447. The van der Waals surface area contributed by atoms with E-state index in [1.807, 2.05) is 6.07 Å². The summed E-state index contributed by atoms with van der Waals surface area (Å²) in [6, 6.07) is 1.94. The van der Waals surface area contributed by atoms with Crippen molar-refractivity contribution in [1.29, 1.82) is 5.26 Å². The van der Waals surface area contributed by atoms with E-state index in [-0.39, 0.29) is 18.3 Å². The molecular weight excluding hydrogens is 196 g/mol. The van der Waals surface area contributed by atoms with Crippen molar-refractivity contribution in [3.05, 3.63) is 11.8 Å². The number of ether oxygens (including phenoxy) is 1.